The number of rotatable bonds is 2. The molecule has 114 valence electrons. The van der Waals surface area contributed by atoms with Crippen LogP contribution in [0.5, 0.6) is 0 Å². The van der Waals surface area contributed by atoms with Gasteiger partial charge in [0.2, 0.25) is 5.67 Å². The summed E-state index contributed by atoms with van der Waals surface area (Å²) >= 11 is 6.90. The van der Waals surface area contributed by atoms with E-state index in [0.717, 1.165) is 4.88 Å². The van der Waals surface area contributed by atoms with Gasteiger partial charge in [0.25, 0.3) is 0 Å². The minimum atomic E-state index is -1.83. The number of hydrogen-bond donors (Lipinski definition) is 0. The SMILES string of the molecule is CC(C)(C)OC(=O)N1C=CC(F)(c2ncc(CCl)s2)C=C1. The lowest BCUT2D eigenvalue weighted by Gasteiger charge is -2.26. The lowest BCUT2D eigenvalue weighted by atomic mass is 10.1. The van der Waals surface area contributed by atoms with Crippen molar-refractivity contribution < 1.29 is 13.9 Å². The van der Waals surface area contributed by atoms with Gasteiger partial charge < -0.3 is 4.74 Å². The first-order chi connectivity index (χ1) is 9.73. The van der Waals surface area contributed by atoms with Gasteiger partial charge in [0.15, 0.2) is 0 Å². The zero-order valence-electron chi connectivity index (χ0n) is 12.0. The number of allylic oxidation sites excluding steroid dienone is 2. The third-order valence-corrected chi connectivity index (χ3v) is 4.14. The molecule has 0 saturated carbocycles. The molecule has 0 saturated heterocycles. The topological polar surface area (TPSA) is 42.4 Å². The van der Waals surface area contributed by atoms with Gasteiger partial charge in [-0.25, -0.2) is 14.2 Å². The fourth-order valence-corrected chi connectivity index (χ4v) is 2.65. The molecule has 1 aromatic rings. The minimum Gasteiger partial charge on any atom is -0.443 e. The minimum absolute atomic E-state index is 0.287. The Labute approximate surface area is 131 Å². The predicted molar refractivity (Wildman–Crippen MR) is 80.8 cm³/mol. The summed E-state index contributed by atoms with van der Waals surface area (Å²) in [5, 5.41) is 0.287. The average Bonchev–Trinajstić information content (AvgIpc) is 2.87. The van der Waals surface area contributed by atoms with Crippen molar-refractivity contribution in [3.63, 3.8) is 0 Å². The molecule has 1 aliphatic heterocycles. The number of ether oxygens (including phenoxy) is 1. The monoisotopic (exact) mass is 330 g/mol. The maximum absolute atomic E-state index is 14.8. The van der Waals surface area contributed by atoms with Crippen molar-refractivity contribution >= 4 is 29.0 Å². The van der Waals surface area contributed by atoms with Crippen LogP contribution in [0.25, 0.3) is 0 Å². The molecule has 21 heavy (non-hydrogen) atoms. The number of thiazole rings is 1. The van der Waals surface area contributed by atoms with Gasteiger partial charge in [-0.05, 0) is 32.9 Å². The Hall–Kier alpha value is -1.40. The number of alkyl halides is 2. The summed E-state index contributed by atoms with van der Waals surface area (Å²) in [6.45, 7) is 5.31. The molecule has 1 aromatic heterocycles. The largest absolute Gasteiger partial charge is 0.443 e. The van der Waals surface area contributed by atoms with Gasteiger partial charge in [0.1, 0.15) is 10.6 Å². The van der Waals surface area contributed by atoms with E-state index >= 15 is 0 Å². The van der Waals surface area contributed by atoms with Crippen LogP contribution in [0.1, 0.15) is 30.7 Å². The third-order valence-electron chi connectivity index (χ3n) is 2.57. The summed E-state index contributed by atoms with van der Waals surface area (Å²) in [5.41, 5.74) is -2.43. The van der Waals surface area contributed by atoms with Crippen LogP contribution >= 0.6 is 22.9 Å². The van der Waals surface area contributed by atoms with Crippen molar-refractivity contribution in [3.05, 3.63) is 40.6 Å². The van der Waals surface area contributed by atoms with E-state index in [1.54, 1.807) is 27.0 Å². The summed E-state index contributed by atoms with van der Waals surface area (Å²) in [7, 11) is 0. The third kappa shape index (κ3) is 3.83. The molecule has 4 nitrogen and oxygen atoms in total. The Kier molecular flexibility index (Phi) is 4.39. The summed E-state index contributed by atoms with van der Waals surface area (Å²) in [6.07, 6.45) is 6.22. The fourth-order valence-electron chi connectivity index (χ4n) is 1.61. The van der Waals surface area contributed by atoms with Crippen molar-refractivity contribution in [3.8, 4) is 0 Å². The normalized spacial score (nSPS) is 17.1. The molecule has 0 radical (unpaired) electrons. The molecule has 1 amide bonds. The van der Waals surface area contributed by atoms with Crippen molar-refractivity contribution in [1.29, 1.82) is 0 Å². The molecule has 0 unspecified atom stereocenters. The Balaban J connectivity index is 2.11. The number of carbonyl (C=O) groups is 1. The van der Waals surface area contributed by atoms with Gasteiger partial charge in [-0.3, -0.25) is 4.90 Å². The molecule has 0 bridgehead atoms. The molecule has 1 aliphatic rings. The zero-order chi connectivity index (χ0) is 15.7. The van der Waals surface area contributed by atoms with Crippen molar-refractivity contribution in [2.45, 2.75) is 37.9 Å². The standard InChI is InChI=1S/C14H16ClFN2O2S/c1-13(2,3)20-12(19)18-6-4-14(16,5-7-18)11-17-9-10(8-15)21-11/h4-7,9H,8H2,1-3H3. The Morgan fingerprint density at radius 2 is 2.10 bits per heavy atom. The van der Waals surface area contributed by atoms with Crippen molar-refractivity contribution in [2.24, 2.45) is 0 Å². The van der Waals surface area contributed by atoms with Gasteiger partial charge >= 0.3 is 6.09 Å². The smallest absolute Gasteiger partial charge is 0.418 e. The Bertz CT molecular complexity index is 578. The first kappa shape index (κ1) is 16.0. The fraction of sp³-hybridized carbons (Fsp3) is 0.429. The second-order valence-electron chi connectivity index (χ2n) is 5.55. The molecule has 0 aliphatic carbocycles. The maximum Gasteiger partial charge on any atom is 0.418 e. The summed E-state index contributed by atoms with van der Waals surface area (Å²) < 4.78 is 20.0. The van der Waals surface area contributed by atoms with Gasteiger partial charge in [0, 0.05) is 23.5 Å². The molecule has 0 N–H and O–H groups in total. The van der Waals surface area contributed by atoms with Crippen LogP contribution in [0.3, 0.4) is 0 Å². The van der Waals surface area contributed by atoms with Gasteiger partial charge in [-0.1, -0.05) is 0 Å². The predicted octanol–water partition coefficient (Wildman–Crippen LogP) is 4.32. The van der Waals surface area contributed by atoms with Crippen molar-refractivity contribution in [1.82, 2.24) is 9.88 Å². The molecular formula is C14H16ClFN2O2S. The van der Waals surface area contributed by atoms with Crippen LogP contribution in [0, 0.1) is 0 Å². The highest BCUT2D eigenvalue weighted by molar-refractivity contribution is 7.12. The van der Waals surface area contributed by atoms with E-state index in [9.17, 15) is 9.18 Å². The highest BCUT2D eigenvalue weighted by Crippen LogP contribution is 2.35. The lowest BCUT2D eigenvalue weighted by molar-refractivity contribution is 0.0393. The molecule has 0 spiro atoms. The van der Waals surface area contributed by atoms with E-state index in [0.29, 0.717) is 5.88 Å². The van der Waals surface area contributed by atoms with Crippen LogP contribution in [0.4, 0.5) is 9.18 Å². The van der Waals surface area contributed by atoms with E-state index in [2.05, 4.69) is 4.98 Å². The molecule has 2 heterocycles. The summed E-state index contributed by atoms with van der Waals surface area (Å²) in [6, 6.07) is 0. The number of hydrogen-bond acceptors (Lipinski definition) is 4. The summed E-state index contributed by atoms with van der Waals surface area (Å²) in [5.74, 6) is 0.297. The molecule has 7 heteroatoms. The van der Waals surface area contributed by atoms with Gasteiger partial charge in [-0.2, -0.15) is 0 Å². The second kappa shape index (κ2) is 5.77. The number of aromatic nitrogens is 1. The van der Waals surface area contributed by atoms with Gasteiger partial charge in [-0.15, -0.1) is 22.9 Å². The van der Waals surface area contributed by atoms with E-state index < -0.39 is 17.4 Å². The molecule has 0 atom stereocenters. The number of nitrogens with zero attached hydrogens (tertiary/aromatic N) is 2. The van der Waals surface area contributed by atoms with E-state index in [1.165, 1.54) is 40.8 Å². The van der Waals surface area contributed by atoms with Crippen molar-refractivity contribution in [2.75, 3.05) is 0 Å². The first-order valence-corrected chi connectivity index (χ1v) is 7.69. The Morgan fingerprint density at radius 1 is 1.48 bits per heavy atom. The highest BCUT2D eigenvalue weighted by atomic mass is 35.5. The average molecular weight is 331 g/mol. The van der Waals surface area contributed by atoms with Crippen LogP contribution in [-0.2, 0) is 16.3 Å². The molecule has 0 aromatic carbocycles. The van der Waals surface area contributed by atoms with Crippen LogP contribution < -0.4 is 0 Å². The molecular weight excluding hydrogens is 315 g/mol. The lowest BCUT2D eigenvalue weighted by Crippen LogP contribution is -2.33. The van der Waals surface area contributed by atoms with E-state index in [1.807, 2.05) is 0 Å². The van der Waals surface area contributed by atoms with Crippen LogP contribution in [0.2, 0.25) is 0 Å². The zero-order valence-corrected chi connectivity index (χ0v) is 13.5. The Morgan fingerprint density at radius 3 is 2.57 bits per heavy atom. The van der Waals surface area contributed by atoms with Gasteiger partial charge in [0.05, 0.1) is 5.88 Å². The highest BCUT2D eigenvalue weighted by Gasteiger charge is 2.33. The van der Waals surface area contributed by atoms with E-state index in [4.69, 9.17) is 16.3 Å². The van der Waals surface area contributed by atoms with Crippen LogP contribution in [0.15, 0.2) is 30.7 Å². The molecule has 0 fully saturated rings. The second-order valence-corrected chi connectivity index (χ2v) is 6.93. The number of halogens is 2. The number of amides is 1. The summed E-state index contributed by atoms with van der Waals surface area (Å²) in [4.78, 5) is 17.9. The molecule has 2 rings (SSSR count). The van der Waals surface area contributed by atoms with E-state index in [-0.39, 0.29) is 5.01 Å². The van der Waals surface area contributed by atoms with Crippen LogP contribution in [-0.4, -0.2) is 21.6 Å². The maximum atomic E-state index is 14.8. The first-order valence-electron chi connectivity index (χ1n) is 6.33. The quantitative estimate of drug-likeness (QED) is 0.758. The number of carbonyl (C=O) groups excluding carboxylic acids is 1.